The molecule has 2 rings (SSSR count). The summed E-state index contributed by atoms with van der Waals surface area (Å²) in [6.07, 6.45) is 2.55. The molecular weight excluding hydrogens is 298 g/mol. The Morgan fingerprint density at radius 2 is 1.95 bits per heavy atom. The van der Waals surface area contributed by atoms with Gasteiger partial charge in [-0.3, -0.25) is 0 Å². The molecule has 5 nitrogen and oxygen atoms in total. The number of hydrogen-bond donors (Lipinski definition) is 3. The molecule has 6 heteroatoms. The van der Waals surface area contributed by atoms with Crippen LogP contribution in [0.4, 0.5) is 23.0 Å². The molecule has 22 heavy (non-hydrogen) atoms. The van der Waals surface area contributed by atoms with Gasteiger partial charge in [0, 0.05) is 17.3 Å². The molecular formula is C16H22ClN5. The molecule has 0 aliphatic rings. The van der Waals surface area contributed by atoms with Crippen molar-refractivity contribution in [3.05, 3.63) is 35.1 Å². The number of benzene rings is 1. The van der Waals surface area contributed by atoms with Gasteiger partial charge in [-0.25, -0.2) is 9.97 Å². The Bertz CT molecular complexity index is 642. The molecule has 0 spiro atoms. The van der Waals surface area contributed by atoms with E-state index in [2.05, 4.69) is 34.4 Å². The van der Waals surface area contributed by atoms with E-state index >= 15 is 0 Å². The first kappa shape index (κ1) is 16.4. The number of nitrogens with zero attached hydrogens (tertiary/aromatic N) is 2. The third-order valence-corrected chi connectivity index (χ3v) is 3.83. The topological polar surface area (TPSA) is 75.9 Å². The number of nitrogen functional groups attached to an aromatic ring is 1. The second kappa shape index (κ2) is 7.31. The van der Waals surface area contributed by atoms with Crippen LogP contribution in [-0.4, -0.2) is 16.5 Å². The van der Waals surface area contributed by atoms with Gasteiger partial charge in [-0.15, -0.1) is 0 Å². The highest BCUT2D eigenvalue weighted by atomic mass is 35.5. The van der Waals surface area contributed by atoms with Gasteiger partial charge in [-0.05, 0) is 37.0 Å². The first-order valence-corrected chi connectivity index (χ1v) is 7.73. The molecule has 0 radical (unpaired) electrons. The Hall–Kier alpha value is -2.01. The van der Waals surface area contributed by atoms with E-state index in [0.29, 0.717) is 28.3 Å². The molecule has 0 saturated carbocycles. The van der Waals surface area contributed by atoms with Gasteiger partial charge in [0.2, 0.25) is 0 Å². The molecule has 0 bridgehead atoms. The van der Waals surface area contributed by atoms with Crippen LogP contribution in [0.15, 0.2) is 24.5 Å². The van der Waals surface area contributed by atoms with E-state index < -0.39 is 0 Å². The van der Waals surface area contributed by atoms with Crippen molar-refractivity contribution >= 4 is 34.6 Å². The third-order valence-electron chi connectivity index (χ3n) is 3.42. The Morgan fingerprint density at radius 1 is 1.23 bits per heavy atom. The van der Waals surface area contributed by atoms with Crippen LogP contribution in [0.1, 0.15) is 25.8 Å². The zero-order valence-corrected chi connectivity index (χ0v) is 13.9. The van der Waals surface area contributed by atoms with Gasteiger partial charge in [0.1, 0.15) is 12.0 Å². The monoisotopic (exact) mass is 319 g/mol. The lowest BCUT2D eigenvalue weighted by molar-refractivity contribution is 0.606. The molecule has 0 atom stereocenters. The van der Waals surface area contributed by atoms with E-state index in [0.717, 1.165) is 24.2 Å². The largest absolute Gasteiger partial charge is 0.393 e. The first-order valence-electron chi connectivity index (χ1n) is 7.35. The van der Waals surface area contributed by atoms with Crippen LogP contribution in [-0.2, 0) is 0 Å². The van der Waals surface area contributed by atoms with E-state index in [-0.39, 0.29) is 0 Å². The lowest BCUT2D eigenvalue weighted by Crippen LogP contribution is -2.10. The third kappa shape index (κ3) is 4.01. The Kier molecular flexibility index (Phi) is 5.44. The molecule has 0 aliphatic heterocycles. The minimum absolute atomic E-state index is 0.505. The van der Waals surface area contributed by atoms with E-state index in [1.54, 1.807) is 0 Å². The van der Waals surface area contributed by atoms with Crippen LogP contribution in [0.3, 0.4) is 0 Å². The number of hydrogen-bond acceptors (Lipinski definition) is 5. The second-order valence-corrected chi connectivity index (χ2v) is 6.04. The smallest absolute Gasteiger partial charge is 0.159 e. The van der Waals surface area contributed by atoms with Gasteiger partial charge in [0.15, 0.2) is 11.6 Å². The second-order valence-electron chi connectivity index (χ2n) is 5.63. The summed E-state index contributed by atoms with van der Waals surface area (Å²) in [5, 5.41) is 7.18. The van der Waals surface area contributed by atoms with Crippen molar-refractivity contribution in [2.75, 3.05) is 22.9 Å². The number of aromatic nitrogens is 2. The summed E-state index contributed by atoms with van der Waals surface area (Å²) in [5.41, 5.74) is 8.49. The number of anilines is 4. The summed E-state index contributed by atoms with van der Waals surface area (Å²) in [6.45, 7) is 7.14. The molecule has 1 aromatic carbocycles. The summed E-state index contributed by atoms with van der Waals surface area (Å²) in [5.74, 6) is 1.85. The van der Waals surface area contributed by atoms with E-state index in [9.17, 15) is 0 Å². The fraction of sp³-hybridized carbons (Fsp3) is 0.375. The summed E-state index contributed by atoms with van der Waals surface area (Å²) in [6, 6.07) is 5.68. The maximum Gasteiger partial charge on any atom is 0.159 e. The van der Waals surface area contributed by atoms with Crippen molar-refractivity contribution in [2.24, 2.45) is 5.92 Å². The highest BCUT2D eigenvalue weighted by Crippen LogP contribution is 2.29. The van der Waals surface area contributed by atoms with E-state index in [1.165, 1.54) is 6.33 Å². The van der Waals surface area contributed by atoms with Gasteiger partial charge in [-0.1, -0.05) is 31.5 Å². The number of nitrogens with two attached hydrogens (primary N) is 1. The fourth-order valence-electron chi connectivity index (χ4n) is 1.99. The number of rotatable bonds is 6. The van der Waals surface area contributed by atoms with Crippen LogP contribution in [0.2, 0.25) is 5.02 Å². The Labute approximate surface area is 136 Å². The standard InChI is InChI=1S/C16H22ClN5/c1-10(2)7-8-19-15-14(18)16(21-9-20-15)22-13-6-4-5-12(17)11(13)3/h4-6,9-10H,7-8,18H2,1-3H3,(H2,19,20,21,22). The Morgan fingerprint density at radius 3 is 2.68 bits per heavy atom. The van der Waals surface area contributed by atoms with Crippen LogP contribution in [0.5, 0.6) is 0 Å². The summed E-state index contributed by atoms with van der Waals surface area (Å²) >= 11 is 6.13. The molecule has 0 unspecified atom stereocenters. The summed E-state index contributed by atoms with van der Waals surface area (Å²) in [7, 11) is 0. The highest BCUT2D eigenvalue weighted by molar-refractivity contribution is 6.31. The van der Waals surface area contributed by atoms with Crippen molar-refractivity contribution < 1.29 is 0 Å². The first-order chi connectivity index (χ1) is 10.5. The fourth-order valence-corrected chi connectivity index (χ4v) is 2.16. The maximum atomic E-state index is 6.15. The molecule has 1 heterocycles. The molecule has 1 aromatic heterocycles. The van der Waals surface area contributed by atoms with Gasteiger partial charge < -0.3 is 16.4 Å². The van der Waals surface area contributed by atoms with Crippen LogP contribution in [0.25, 0.3) is 0 Å². The number of halogens is 1. The lowest BCUT2D eigenvalue weighted by Gasteiger charge is -2.14. The zero-order chi connectivity index (χ0) is 16.1. The van der Waals surface area contributed by atoms with Gasteiger partial charge in [-0.2, -0.15) is 0 Å². The normalized spacial score (nSPS) is 10.8. The van der Waals surface area contributed by atoms with Crippen LogP contribution in [0, 0.1) is 12.8 Å². The highest BCUT2D eigenvalue weighted by Gasteiger charge is 2.10. The summed E-state index contributed by atoms with van der Waals surface area (Å²) < 4.78 is 0. The van der Waals surface area contributed by atoms with Gasteiger partial charge in [0.25, 0.3) is 0 Å². The SMILES string of the molecule is Cc1c(Cl)cccc1Nc1ncnc(NCCC(C)C)c1N. The number of nitrogens with one attached hydrogen (secondary N) is 2. The van der Waals surface area contributed by atoms with Crippen LogP contribution < -0.4 is 16.4 Å². The van der Waals surface area contributed by atoms with Crippen molar-refractivity contribution in [1.29, 1.82) is 0 Å². The predicted octanol–water partition coefficient (Wildman–Crippen LogP) is 4.22. The minimum Gasteiger partial charge on any atom is -0.393 e. The Balaban J connectivity index is 2.16. The van der Waals surface area contributed by atoms with E-state index in [1.807, 2.05) is 25.1 Å². The van der Waals surface area contributed by atoms with Gasteiger partial charge in [0.05, 0.1) is 0 Å². The molecule has 4 N–H and O–H groups in total. The van der Waals surface area contributed by atoms with Crippen molar-refractivity contribution in [1.82, 2.24) is 9.97 Å². The molecule has 118 valence electrons. The molecule has 0 aliphatic carbocycles. The molecule has 0 amide bonds. The molecule has 2 aromatic rings. The van der Waals surface area contributed by atoms with Crippen molar-refractivity contribution in [3.63, 3.8) is 0 Å². The average molecular weight is 320 g/mol. The minimum atomic E-state index is 0.505. The lowest BCUT2D eigenvalue weighted by atomic mass is 10.1. The zero-order valence-electron chi connectivity index (χ0n) is 13.2. The van der Waals surface area contributed by atoms with Crippen molar-refractivity contribution in [3.8, 4) is 0 Å². The molecule has 0 fully saturated rings. The molecule has 0 saturated heterocycles. The van der Waals surface area contributed by atoms with Crippen LogP contribution >= 0.6 is 11.6 Å². The van der Waals surface area contributed by atoms with Gasteiger partial charge >= 0.3 is 0 Å². The summed E-state index contributed by atoms with van der Waals surface area (Å²) in [4.78, 5) is 8.42. The predicted molar refractivity (Wildman–Crippen MR) is 93.9 cm³/mol. The quantitative estimate of drug-likeness (QED) is 0.743. The van der Waals surface area contributed by atoms with Crippen molar-refractivity contribution in [2.45, 2.75) is 27.2 Å². The average Bonchev–Trinajstić information content (AvgIpc) is 2.47. The maximum absolute atomic E-state index is 6.15. The van der Waals surface area contributed by atoms with E-state index in [4.69, 9.17) is 17.3 Å².